The Kier molecular flexibility index (Phi) is 3.93. The van der Waals surface area contributed by atoms with Crippen LogP contribution in [0.3, 0.4) is 0 Å². The summed E-state index contributed by atoms with van der Waals surface area (Å²) in [6.07, 6.45) is 0. The molecule has 2 aromatic rings. The van der Waals surface area contributed by atoms with E-state index in [1.807, 2.05) is 12.1 Å². The van der Waals surface area contributed by atoms with E-state index in [2.05, 4.69) is 42.3 Å². The number of anilines is 1. The lowest BCUT2D eigenvalue weighted by Gasteiger charge is -2.27. The molecule has 110 valence electrons. The second-order valence-corrected chi connectivity index (χ2v) is 5.89. The molecule has 0 saturated carbocycles. The predicted octanol–water partition coefficient (Wildman–Crippen LogP) is 3.63. The van der Waals surface area contributed by atoms with Gasteiger partial charge in [0, 0.05) is 36.9 Å². The van der Waals surface area contributed by atoms with Gasteiger partial charge in [0.1, 0.15) is 5.82 Å². The number of fused-ring (bicyclic) bond motifs is 1. The van der Waals surface area contributed by atoms with Gasteiger partial charge in [0.15, 0.2) is 0 Å². The quantitative estimate of drug-likeness (QED) is 0.906. The van der Waals surface area contributed by atoms with Crippen molar-refractivity contribution in [2.75, 3.05) is 11.4 Å². The lowest BCUT2D eigenvalue weighted by atomic mass is 10.1. The molecule has 0 aliphatic carbocycles. The van der Waals surface area contributed by atoms with Gasteiger partial charge in [-0.05, 0) is 31.5 Å². The van der Waals surface area contributed by atoms with Gasteiger partial charge in [-0.1, -0.05) is 35.9 Å². The molecule has 3 heteroatoms. The second kappa shape index (κ2) is 5.86. The largest absolute Gasteiger partial charge is 0.365 e. The van der Waals surface area contributed by atoms with Crippen molar-refractivity contribution in [2.24, 2.45) is 0 Å². The fourth-order valence-corrected chi connectivity index (χ4v) is 2.92. The third-order valence-corrected chi connectivity index (χ3v) is 4.03. The van der Waals surface area contributed by atoms with E-state index in [0.29, 0.717) is 12.6 Å². The summed E-state index contributed by atoms with van der Waals surface area (Å²) in [5.41, 5.74) is 4.51. The van der Waals surface area contributed by atoms with Crippen LogP contribution in [0.4, 0.5) is 10.1 Å². The van der Waals surface area contributed by atoms with Gasteiger partial charge in [0.05, 0.1) is 0 Å². The highest BCUT2D eigenvalue weighted by Crippen LogP contribution is 2.26. The molecule has 0 aromatic heterocycles. The van der Waals surface area contributed by atoms with Crippen LogP contribution in [0.15, 0.2) is 42.5 Å². The molecule has 1 aliphatic heterocycles. The number of hydrogen-bond donors (Lipinski definition) is 1. The standard InChI is InChI=1S/C18H21FN2/c1-13-7-8-18-16(9-13)10-20-14(2)11-21(18)12-15-5-3-4-6-17(15)19/h3-9,14,20H,10-12H2,1-2H3. The number of nitrogens with zero attached hydrogens (tertiary/aromatic N) is 1. The number of aryl methyl sites for hydroxylation is 1. The van der Waals surface area contributed by atoms with Gasteiger partial charge in [0.25, 0.3) is 0 Å². The number of benzene rings is 2. The van der Waals surface area contributed by atoms with Crippen LogP contribution in [0.2, 0.25) is 0 Å². The van der Waals surface area contributed by atoms with E-state index in [0.717, 1.165) is 18.7 Å². The number of hydrogen-bond acceptors (Lipinski definition) is 2. The Bertz CT molecular complexity index is 639. The molecule has 2 aromatic carbocycles. The molecule has 1 heterocycles. The molecule has 0 saturated heterocycles. The van der Waals surface area contributed by atoms with Crippen molar-refractivity contribution < 1.29 is 4.39 Å². The molecule has 1 atom stereocenters. The van der Waals surface area contributed by atoms with Gasteiger partial charge in [-0.3, -0.25) is 0 Å². The zero-order valence-corrected chi connectivity index (χ0v) is 12.6. The molecule has 3 rings (SSSR count). The first-order valence-electron chi connectivity index (χ1n) is 7.45. The van der Waals surface area contributed by atoms with Gasteiger partial charge in [0.2, 0.25) is 0 Å². The molecular weight excluding hydrogens is 263 g/mol. The molecule has 1 unspecified atom stereocenters. The first-order chi connectivity index (χ1) is 10.1. The van der Waals surface area contributed by atoms with E-state index in [-0.39, 0.29) is 5.82 Å². The minimum absolute atomic E-state index is 0.129. The molecule has 21 heavy (non-hydrogen) atoms. The molecule has 0 amide bonds. The van der Waals surface area contributed by atoms with Crippen molar-refractivity contribution in [3.05, 3.63) is 65.0 Å². The normalized spacial score (nSPS) is 18.2. The van der Waals surface area contributed by atoms with E-state index in [1.54, 1.807) is 6.07 Å². The molecule has 0 spiro atoms. The first kappa shape index (κ1) is 14.1. The smallest absolute Gasteiger partial charge is 0.128 e. The van der Waals surface area contributed by atoms with Crippen LogP contribution in [-0.2, 0) is 13.1 Å². The molecule has 0 fully saturated rings. The summed E-state index contributed by atoms with van der Waals surface area (Å²) in [6, 6.07) is 13.9. The zero-order chi connectivity index (χ0) is 14.8. The fourth-order valence-electron chi connectivity index (χ4n) is 2.92. The Balaban J connectivity index is 1.95. The van der Waals surface area contributed by atoms with E-state index < -0.39 is 0 Å². The third-order valence-electron chi connectivity index (χ3n) is 4.03. The van der Waals surface area contributed by atoms with Crippen LogP contribution < -0.4 is 10.2 Å². The van der Waals surface area contributed by atoms with E-state index in [4.69, 9.17) is 0 Å². The maximum Gasteiger partial charge on any atom is 0.128 e. The number of nitrogens with one attached hydrogen (secondary N) is 1. The minimum atomic E-state index is -0.129. The van der Waals surface area contributed by atoms with Crippen molar-refractivity contribution in [1.82, 2.24) is 5.32 Å². The Labute approximate surface area is 125 Å². The minimum Gasteiger partial charge on any atom is -0.365 e. The molecule has 1 N–H and O–H groups in total. The van der Waals surface area contributed by atoms with Crippen LogP contribution in [0.25, 0.3) is 0 Å². The van der Waals surface area contributed by atoms with E-state index >= 15 is 0 Å². The van der Waals surface area contributed by atoms with Gasteiger partial charge in [-0.15, -0.1) is 0 Å². The highest BCUT2D eigenvalue weighted by molar-refractivity contribution is 5.56. The van der Waals surface area contributed by atoms with Gasteiger partial charge >= 0.3 is 0 Å². The average Bonchev–Trinajstić information content (AvgIpc) is 2.61. The Hall–Kier alpha value is -1.87. The summed E-state index contributed by atoms with van der Waals surface area (Å²) in [5.74, 6) is -0.129. The Morgan fingerprint density at radius 1 is 1.24 bits per heavy atom. The Morgan fingerprint density at radius 3 is 2.86 bits per heavy atom. The zero-order valence-electron chi connectivity index (χ0n) is 12.6. The van der Waals surface area contributed by atoms with E-state index in [1.165, 1.54) is 22.9 Å². The van der Waals surface area contributed by atoms with Gasteiger partial charge in [-0.25, -0.2) is 4.39 Å². The number of rotatable bonds is 2. The predicted molar refractivity (Wildman–Crippen MR) is 84.9 cm³/mol. The van der Waals surface area contributed by atoms with Crippen molar-refractivity contribution >= 4 is 5.69 Å². The maximum absolute atomic E-state index is 13.9. The maximum atomic E-state index is 13.9. The van der Waals surface area contributed by atoms with Crippen LogP contribution in [-0.4, -0.2) is 12.6 Å². The summed E-state index contributed by atoms with van der Waals surface area (Å²) < 4.78 is 13.9. The highest BCUT2D eigenvalue weighted by atomic mass is 19.1. The van der Waals surface area contributed by atoms with Gasteiger partial charge < -0.3 is 10.2 Å². The summed E-state index contributed by atoms with van der Waals surface area (Å²) in [4.78, 5) is 2.28. The molecule has 2 nitrogen and oxygen atoms in total. The molecule has 0 radical (unpaired) electrons. The summed E-state index contributed by atoms with van der Waals surface area (Å²) >= 11 is 0. The van der Waals surface area contributed by atoms with Crippen LogP contribution in [0, 0.1) is 12.7 Å². The van der Waals surface area contributed by atoms with Crippen LogP contribution in [0.5, 0.6) is 0 Å². The summed E-state index contributed by atoms with van der Waals surface area (Å²) in [7, 11) is 0. The van der Waals surface area contributed by atoms with E-state index in [9.17, 15) is 4.39 Å². The topological polar surface area (TPSA) is 15.3 Å². The highest BCUT2D eigenvalue weighted by Gasteiger charge is 2.20. The monoisotopic (exact) mass is 284 g/mol. The molecule has 0 bridgehead atoms. The van der Waals surface area contributed by atoms with Crippen molar-refractivity contribution in [2.45, 2.75) is 33.0 Å². The SMILES string of the molecule is Cc1ccc2c(c1)CNC(C)CN2Cc1ccccc1F. The molecular formula is C18H21FN2. The lowest BCUT2D eigenvalue weighted by molar-refractivity contribution is 0.546. The van der Waals surface area contributed by atoms with Gasteiger partial charge in [-0.2, -0.15) is 0 Å². The average molecular weight is 284 g/mol. The summed E-state index contributed by atoms with van der Waals surface area (Å²) in [5, 5.41) is 3.52. The summed E-state index contributed by atoms with van der Waals surface area (Å²) in [6.45, 7) is 6.63. The fraction of sp³-hybridized carbons (Fsp3) is 0.333. The molecule has 1 aliphatic rings. The first-order valence-corrected chi connectivity index (χ1v) is 7.45. The lowest BCUT2D eigenvalue weighted by Crippen LogP contribution is -2.35. The van der Waals surface area contributed by atoms with Crippen molar-refractivity contribution in [1.29, 1.82) is 0 Å². The third kappa shape index (κ3) is 3.08. The van der Waals surface area contributed by atoms with Crippen LogP contribution in [0.1, 0.15) is 23.6 Å². The van der Waals surface area contributed by atoms with Crippen molar-refractivity contribution in [3.8, 4) is 0 Å². The number of halogens is 1. The van der Waals surface area contributed by atoms with Crippen LogP contribution >= 0.6 is 0 Å². The second-order valence-electron chi connectivity index (χ2n) is 5.89. The van der Waals surface area contributed by atoms with Crippen molar-refractivity contribution in [3.63, 3.8) is 0 Å². The Morgan fingerprint density at radius 2 is 2.05 bits per heavy atom.